The minimum atomic E-state index is -4.66. The molecule has 2 rings (SSSR count). The zero-order valence-corrected chi connectivity index (χ0v) is 16.7. The van der Waals surface area contributed by atoms with Gasteiger partial charge in [0.1, 0.15) is 5.82 Å². The van der Waals surface area contributed by atoms with E-state index in [2.05, 4.69) is 21.0 Å². The Morgan fingerprint density at radius 2 is 1.81 bits per heavy atom. The minimum absolute atomic E-state index is 0.163. The number of nitriles is 1. The van der Waals surface area contributed by atoms with E-state index in [1.165, 1.54) is 13.1 Å². The summed E-state index contributed by atoms with van der Waals surface area (Å²) in [5.74, 6) is -0.430. The van der Waals surface area contributed by atoms with Gasteiger partial charge in [-0.3, -0.25) is 15.8 Å². The van der Waals surface area contributed by atoms with Crippen molar-refractivity contribution in [3.8, 4) is 6.07 Å². The summed E-state index contributed by atoms with van der Waals surface area (Å²) in [6.07, 6.45) is -7.89. The number of benzene rings is 1. The molecule has 0 unspecified atom stereocenters. The number of amides is 2. The summed E-state index contributed by atoms with van der Waals surface area (Å²) >= 11 is 5.84. The Morgan fingerprint density at radius 1 is 1.16 bits per heavy atom. The molecule has 0 aliphatic carbocycles. The lowest BCUT2D eigenvalue weighted by Gasteiger charge is -2.23. The first-order valence-corrected chi connectivity index (χ1v) is 8.77. The first-order valence-electron chi connectivity index (χ1n) is 8.39. The monoisotopic (exact) mass is 478 g/mol. The summed E-state index contributed by atoms with van der Waals surface area (Å²) in [6.45, 7) is 0. The van der Waals surface area contributed by atoms with Crippen molar-refractivity contribution in [2.24, 2.45) is 0 Å². The van der Waals surface area contributed by atoms with Crippen molar-refractivity contribution in [1.29, 1.82) is 5.26 Å². The molecule has 0 saturated carbocycles. The number of alkyl halides is 6. The Morgan fingerprint density at radius 3 is 2.38 bits per heavy atom. The number of rotatable bonds is 5. The Kier molecular flexibility index (Phi) is 7.42. The van der Waals surface area contributed by atoms with Gasteiger partial charge >= 0.3 is 18.4 Å². The number of pyridine rings is 1. The van der Waals surface area contributed by atoms with E-state index < -0.39 is 29.5 Å². The van der Waals surface area contributed by atoms with Crippen LogP contribution in [0.25, 0.3) is 0 Å². The lowest BCUT2D eigenvalue weighted by Crippen LogP contribution is -2.42. The molecule has 7 nitrogen and oxygen atoms in total. The Labute approximate surface area is 182 Å². The van der Waals surface area contributed by atoms with Crippen LogP contribution in [0.1, 0.15) is 11.1 Å². The second kappa shape index (κ2) is 9.65. The molecule has 1 aromatic heterocycles. The number of hydrogen-bond donors (Lipinski definition) is 3. The average molecular weight is 479 g/mol. The molecule has 2 aromatic rings. The topological polar surface area (TPSA) is 93.1 Å². The lowest BCUT2D eigenvalue weighted by molar-refractivity contribution is -0.138. The van der Waals surface area contributed by atoms with Crippen LogP contribution in [0.2, 0.25) is 5.02 Å². The average Bonchev–Trinajstić information content (AvgIpc) is 2.66. The van der Waals surface area contributed by atoms with Gasteiger partial charge in [0.25, 0.3) is 0 Å². The van der Waals surface area contributed by atoms with E-state index in [1.807, 2.05) is 0 Å². The Bertz CT molecular complexity index is 1060. The van der Waals surface area contributed by atoms with Gasteiger partial charge in [-0.25, -0.2) is 9.78 Å². The molecule has 0 radical (unpaired) electrons. The fourth-order valence-corrected chi connectivity index (χ4v) is 2.58. The molecule has 0 aliphatic heterocycles. The fraction of sp³-hybridized carbons (Fsp3) is 0.167. The molecule has 1 aromatic carbocycles. The number of anilines is 2. The molecule has 170 valence electrons. The third-order valence-corrected chi connectivity index (χ3v) is 3.94. The normalized spacial score (nSPS) is 12.0. The van der Waals surface area contributed by atoms with E-state index in [-0.39, 0.29) is 22.3 Å². The van der Waals surface area contributed by atoms with Gasteiger partial charge in [0.15, 0.2) is 5.82 Å². The molecule has 0 bridgehead atoms. The number of nitrogens with one attached hydrogen (secondary N) is 3. The van der Waals surface area contributed by atoms with Crippen LogP contribution >= 0.6 is 11.6 Å². The highest BCUT2D eigenvalue weighted by atomic mass is 35.5. The van der Waals surface area contributed by atoms with Crippen LogP contribution in [-0.2, 0) is 12.4 Å². The van der Waals surface area contributed by atoms with Gasteiger partial charge < -0.3 is 5.32 Å². The molecule has 32 heavy (non-hydrogen) atoms. The molecule has 3 N–H and O–H groups in total. The van der Waals surface area contributed by atoms with Gasteiger partial charge in [-0.2, -0.15) is 31.6 Å². The third kappa shape index (κ3) is 6.67. The number of urea groups is 1. The van der Waals surface area contributed by atoms with Crippen molar-refractivity contribution < 1.29 is 31.1 Å². The van der Waals surface area contributed by atoms with Gasteiger partial charge in [-0.15, -0.1) is 0 Å². The zero-order valence-electron chi connectivity index (χ0n) is 15.9. The summed E-state index contributed by atoms with van der Waals surface area (Å²) in [5, 5.41) is 13.9. The van der Waals surface area contributed by atoms with Gasteiger partial charge in [-0.1, -0.05) is 17.7 Å². The van der Waals surface area contributed by atoms with Crippen LogP contribution in [0.15, 0.2) is 48.4 Å². The van der Waals surface area contributed by atoms with E-state index in [0.29, 0.717) is 18.3 Å². The highest BCUT2D eigenvalue weighted by molar-refractivity contribution is 6.33. The van der Waals surface area contributed by atoms with Crippen LogP contribution in [0.5, 0.6) is 0 Å². The first-order chi connectivity index (χ1) is 14.8. The first kappa shape index (κ1) is 24.6. The van der Waals surface area contributed by atoms with Crippen molar-refractivity contribution in [2.45, 2.75) is 12.4 Å². The number of hydrogen-bond acceptors (Lipinski definition) is 5. The van der Waals surface area contributed by atoms with E-state index in [9.17, 15) is 31.1 Å². The second-order valence-electron chi connectivity index (χ2n) is 6.04. The molecule has 0 spiro atoms. The molecular weight excluding hydrogens is 466 g/mol. The van der Waals surface area contributed by atoms with Crippen LogP contribution < -0.4 is 21.1 Å². The van der Waals surface area contributed by atoms with Crippen LogP contribution in [0, 0.1) is 11.3 Å². The smallest absolute Gasteiger partial charge is 0.308 e. The number of halogens is 7. The zero-order chi connectivity index (χ0) is 24.1. The van der Waals surface area contributed by atoms with E-state index in [0.717, 1.165) is 23.2 Å². The van der Waals surface area contributed by atoms with Crippen LogP contribution in [-0.4, -0.2) is 18.1 Å². The second-order valence-corrected chi connectivity index (χ2v) is 6.45. The van der Waals surface area contributed by atoms with Crippen LogP contribution in [0.4, 0.5) is 42.6 Å². The molecule has 2 amide bonds. The summed E-state index contributed by atoms with van der Waals surface area (Å²) in [6, 6.07) is 5.10. The van der Waals surface area contributed by atoms with Gasteiger partial charge in [0.05, 0.1) is 28.3 Å². The number of allylic oxidation sites excluding steroid dienone is 1. The Hall–Kier alpha value is -3.66. The molecule has 14 heteroatoms. The number of nitrogens with zero attached hydrogens (tertiary/aromatic N) is 3. The largest absolute Gasteiger partial charge is 0.417 e. The van der Waals surface area contributed by atoms with Gasteiger partial charge in [0, 0.05) is 18.9 Å². The molecule has 0 atom stereocenters. The molecule has 0 aliphatic rings. The summed E-state index contributed by atoms with van der Waals surface area (Å²) in [7, 11) is 1.29. The van der Waals surface area contributed by atoms with E-state index >= 15 is 0 Å². The Balaban J connectivity index is 2.11. The van der Waals surface area contributed by atoms with Crippen molar-refractivity contribution in [2.75, 3.05) is 17.4 Å². The highest BCUT2D eigenvalue weighted by Crippen LogP contribution is 2.33. The summed E-state index contributed by atoms with van der Waals surface area (Å²) < 4.78 is 76.5. The predicted molar refractivity (Wildman–Crippen MR) is 103 cm³/mol. The number of aromatic nitrogens is 1. The molecule has 1 heterocycles. The lowest BCUT2D eigenvalue weighted by atomic mass is 10.2. The van der Waals surface area contributed by atoms with Crippen molar-refractivity contribution in [3.63, 3.8) is 0 Å². The van der Waals surface area contributed by atoms with Crippen molar-refractivity contribution >= 4 is 29.1 Å². The van der Waals surface area contributed by atoms with Gasteiger partial charge in [-0.05, 0) is 24.3 Å². The molecular formula is C18H13ClF6N6O. The van der Waals surface area contributed by atoms with Gasteiger partial charge in [0.2, 0.25) is 0 Å². The summed E-state index contributed by atoms with van der Waals surface area (Å²) in [5.41, 5.74) is 0.245. The standard InChI is InChI=1S/C18H13ClF6N6O/c1-31(15-13(19)8-11(9-27-15)18(23,24)25)30-14(5-6-26)29-16(32)28-12-4-2-3-10(7-12)17(20,21)22/h2-5,7-9,30H,1H3,(H2,28,29,32). The van der Waals surface area contributed by atoms with Crippen LogP contribution in [0.3, 0.4) is 0 Å². The maximum absolute atomic E-state index is 12.8. The molecule has 0 fully saturated rings. The minimum Gasteiger partial charge on any atom is -0.308 e. The number of carbonyl (C=O) groups excluding carboxylic acids is 1. The van der Waals surface area contributed by atoms with Crippen molar-refractivity contribution in [3.05, 3.63) is 64.6 Å². The highest BCUT2D eigenvalue weighted by Gasteiger charge is 2.32. The van der Waals surface area contributed by atoms with Crippen molar-refractivity contribution in [1.82, 2.24) is 15.7 Å². The maximum atomic E-state index is 12.8. The number of hydrazine groups is 1. The maximum Gasteiger partial charge on any atom is 0.417 e. The SMILES string of the molecule is CN(NC(=CC#N)NC(=O)Nc1cccc(C(F)(F)F)c1)c1ncc(C(F)(F)F)cc1Cl. The number of carbonyl (C=O) groups is 1. The predicted octanol–water partition coefficient (Wildman–Crippen LogP) is 4.90. The summed E-state index contributed by atoms with van der Waals surface area (Å²) in [4.78, 5) is 15.7. The van der Waals surface area contributed by atoms with E-state index in [4.69, 9.17) is 16.9 Å². The molecule has 0 saturated heterocycles. The van der Waals surface area contributed by atoms with E-state index in [1.54, 1.807) is 6.07 Å². The fourth-order valence-electron chi connectivity index (χ4n) is 2.28. The quantitative estimate of drug-likeness (QED) is 0.323. The third-order valence-electron chi connectivity index (χ3n) is 3.66.